The number of carbonyl (C=O) groups excluding carboxylic acids is 2. The van der Waals surface area contributed by atoms with Crippen LogP contribution in [0.15, 0.2) is 95.7 Å². The Balaban J connectivity index is 1.29. The lowest BCUT2D eigenvalue weighted by Gasteiger charge is -2.10. The largest absolute Gasteiger partial charge is 0.494 e. The minimum atomic E-state index is -0.440. The number of ether oxygens (including phenoxy) is 4. The van der Waals surface area contributed by atoms with E-state index in [1.165, 1.54) is 25.3 Å². The predicted octanol–water partition coefficient (Wildman–Crippen LogP) is 9.97. The zero-order valence-corrected chi connectivity index (χ0v) is 26.6. The summed E-state index contributed by atoms with van der Waals surface area (Å²) in [6, 6.07) is 21.4. The van der Waals surface area contributed by atoms with Crippen LogP contribution in [0.25, 0.3) is 0 Å². The number of nitrogens with zero attached hydrogens (tertiary/aromatic N) is 2. The molecule has 0 saturated heterocycles. The van der Waals surface area contributed by atoms with Crippen LogP contribution in [-0.2, 0) is 9.53 Å². The van der Waals surface area contributed by atoms with Crippen LogP contribution in [0.4, 0.5) is 11.4 Å². The van der Waals surface area contributed by atoms with E-state index in [1.54, 1.807) is 48.5 Å². The molecular weight excluding hydrogens is 568 g/mol. The van der Waals surface area contributed by atoms with Gasteiger partial charge in [-0.2, -0.15) is 10.2 Å². The Hall–Kier alpha value is -4.46. The molecule has 0 aliphatic rings. The lowest BCUT2D eigenvalue weighted by Crippen LogP contribution is -2.08. The predicted molar refractivity (Wildman–Crippen MR) is 177 cm³/mol. The average Bonchev–Trinajstić information content (AvgIpc) is 3.07. The monoisotopic (exact) mass is 614 g/mol. The molecule has 8 heteroatoms. The highest BCUT2D eigenvalue weighted by Crippen LogP contribution is 2.24. The molecule has 45 heavy (non-hydrogen) atoms. The van der Waals surface area contributed by atoms with Crippen LogP contribution in [0.3, 0.4) is 0 Å². The normalized spacial score (nSPS) is 11.6. The van der Waals surface area contributed by atoms with Crippen LogP contribution in [-0.4, -0.2) is 31.8 Å². The number of benzene rings is 3. The van der Waals surface area contributed by atoms with Crippen molar-refractivity contribution in [2.75, 3.05) is 19.8 Å². The number of esters is 2. The van der Waals surface area contributed by atoms with Crippen LogP contribution in [0.1, 0.15) is 82.0 Å². The summed E-state index contributed by atoms with van der Waals surface area (Å²) in [6.07, 6.45) is 11.1. The number of azo groups is 1. The van der Waals surface area contributed by atoms with Crippen molar-refractivity contribution >= 4 is 23.3 Å². The smallest absolute Gasteiger partial charge is 0.343 e. The molecule has 0 fully saturated rings. The van der Waals surface area contributed by atoms with Crippen molar-refractivity contribution < 1.29 is 28.5 Å². The van der Waals surface area contributed by atoms with Gasteiger partial charge in [0.05, 0.1) is 36.8 Å². The molecule has 0 spiro atoms. The van der Waals surface area contributed by atoms with E-state index in [0.717, 1.165) is 55.7 Å². The van der Waals surface area contributed by atoms with E-state index in [2.05, 4.69) is 30.7 Å². The molecule has 0 bridgehead atoms. The van der Waals surface area contributed by atoms with Gasteiger partial charge in [0.25, 0.3) is 0 Å². The first-order chi connectivity index (χ1) is 22.0. The summed E-state index contributed by atoms with van der Waals surface area (Å²) >= 11 is 0. The van der Waals surface area contributed by atoms with Crippen molar-refractivity contribution in [1.29, 1.82) is 0 Å². The highest BCUT2D eigenvalue weighted by Gasteiger charge is 2.09. The minimum Gasteiger partial charge on any atom is -0.494 e. The molecule has 240 valence electrons. The quantitative estimate of drug-likeness (QED) is 0.0389. The van der Waals surface area contributed by atoms with E-state index >= 15 is 0 Å². The number of carbonyl (C=O) groups is 2. The van der Waals surface area contributed by atoms with Crippen LogP contribution >= 0.6 is 0 Å². The summed E-state index contributed by atoms with van der Waals surface area (Å²) < 4.78 is 22.1. The van der Waals surface area contributed by atoms with Crippen molar-refractivity contribution in [3.63, 3.8) is 0 Å². The zero-order chi connectivity index (χ0) is 32.1. The van der Waals surface area contributed by atoms with E-state index in [1.807, 2.05) is 24.3 Å². The minimum absolute atomic E-state index is 0.351. The standard InChI is InChI=1S/C37H46N2O6/c1-4-29(3)28-44-34-22-16-31(17-23-34)38-39-32-18-24-35(25-19-32)45-37(41)30-14-20-33(21-15-30)42-26-12-10-8-6-7-9-11-13-27-43-36(40)5-2/h5,14-25,29H,2,4,6-13,26-28H2,1,3H3/t29-/m0/s1. The fourth-order valence-corrected chi connectivity index (χ4v) is 4.20. The Labute approximate surface area is 267 Å². The Morgan fingerprint density at radius 3 is 1.73 bits per heavy atom. The second-order valence-corrected chi connectivity index (χ2v) is 11.0. The Kier molecular flexibility index (Phi) is 15.9. The van der Waals surface area contributed by atoms with Crippen LogP contribution in [0.5, 0.6) is 17.2 Å². The van der Waals surface area contributed by atoms with Gasteiger partial charge >= 0.3 is 11.9 Å². The van der Waals surface area contributed by atoms with Gasteiger partial charge in [-0.25, -0.2) is 9.59 Å². The summed E-state index contributed by atoms with van der Waals surface area (Å²) in [5, 5.41) is 8.54. The average molecular weight is 615 g/mol. The molecule has 0 aromatic heterocycles. The third kappa shape index (κ3) is 14.2. The molecule has 0 aliphatic heterocycles. The van der Waals surface area contributed by atoms with Crippen LogP contribution in [0.2, 0.25) is 0 Å². The first kappa shape index (κ1) is 35.0. The fraction of sp³-hybridized carbons (Fsp3) is 0.405. The highest BCUT2D eigenvalue weighted by molar-refractivity contribution is 5.91. The van der Waals surface area contributed by atoms with Crippen LogP contribution < -0.4 is 14.2 Å². The van der Waals surface area contributed by atoms with Gasteiger partial charge < -0.3 is 18.9 Å². The molecule has 0 saturated carbocycles. The number of hydrogen-bond acceptors (Lipinski definition) is 8. The van der Waals surface area contributed by atoms with E-state index in [-0.39, 0.29) is 5.97 Å². The topological polar surface area (TPSA) is 95.8 Å². The number of unbranched alkanes of at least 4 members (excludes halogenated alkanes) is 7. The Morgan fingerprint density at radius 1 is 0.689 bits per heavy atom. The van der Waals surface area contributed by atoms with Gasteiger partial charge in [0.2, 0.25) is 0 Å². The summed E-state index contributed by atoms with van der Waals surface area (Å²) in [5.74, 6) is 1.69. The van der Waals surface area contributed by atoms with E-state index < -0.39 is 5.97 Å². The van der Waals surface area contributed by atoms with Crippen molar-refractivity contribution in [1.82, 2.24) is 0 Å². The summed E-state index contributed by atoms with van der Waals surface area (Å²) in [6.45, 7) is 9.50. The summed E-state index contributed by atoms with van der Waals surface area (Å²) in [7, 11) is 0. The fourth-order valence-electron chi connectivity index (χ4n) is 4.20. The van der Waals surface area contributed by atoms with Crippen molar-refractivity contribution in [2.24, 2.45) is 16.1 Å². The van der Waals surface area contributed by atoms with E-state index in [9.17, 15) is 9.59 Å². The van der Waals surface area contributed by atoms with Gasteiger partial charge in [-0.1, -0.05) is 65.4 Å². The maximum atomic E-state index is 12.6. The van der Waals surface area contributed by atoms with Gasteiger partial charge in [-0.05, 0) is 91.6 Å². The SMILES string of the molecule is C=CC(=O)OCCCCCCCCCCOc1ccc(C(=O)Oc2ccc(N=Nc3ccc(OC[C@@H](C)CC)cc3)cc2)cc1. The summed E-state index contributed by atoms with van der Waals surface area (Å²) in [4.78, 5) is 23.6. The maximum Gasteiger partial charge on any atom is 0.343 e. The summed E-state index contributed by atoms with van der Waals surface area (Å²) in [5.41, 5.74) is 1.81. The zero-order valence-electron chi connectivity index (χ0n) is 26.6. The third-order valence-corrected chi connectivity index (χ3v) is 7.20. The lowest BCUT2D eigenvalue weighted by atomic mass is 10.1. The molecular formula is C37H46N2O6. The third-order valence-electron chi connectivity index (χ3n) is 7.20. The molecule has 0 aliphatic carbocycles. The van der Waals surface area contributed by atoms with Crippen molar-refractivity contribution in [3.8, 4) is 17.2 Å². The molecule has 1 atom stereocenters. The Bertz CT molecular complexity index is 1320. The number of hydrogen-bond donors (Lipinski definition) is 0. The molecule has 0 amide bonds. The molecule has 0 radical (unpaired) electrons. The van der Waals surface area contributed by atoms with Gasteiger partial charge in [0.1, 0.15) is 17.2 Å². The first-order valence-corrected chi connectivity index (χ1v) is 16.0. The Morgan fingerprint density at radius 2 is 1.18 bits per heavy atom. The molecule has 3 aromatic carbocycles. The first-order valence-electron chi connectivity index (χ1n) is 16.0. The van der Waals surface area contributed by atoms with Crippen molar-refractivity contribution in [2.45, 2.75) is 71.6 Å². The molecule has 0 N–H and O–H groups in total. The molecule has 3 aromatic rings. The lowest BCUT2D eigenvalue weighted by molar-refractivity contribution is -0.137. The van der Waals surface area contributed by atoms with E-state index in [4.69, 9.17) is 18.9 Å². The van der Waals surface area contributed by atoms with Gasteiger partial charge in [-0.15, -0.1) is 0 Å². The van der Waals surface area contributed by atoms with Gasteiger partial charge in [0.15, 0.2) is 0 Å². The van der Waals surface area contributed by atoms with E-state index in [0.29, 0.717) is 42.7 Å². The number of rotatable bonds is 21. The second kappa shape index (κ2) is 20.5. The van der Waals surface area contributed by atoms with Gasteiger partial charge in [0, 0.05) is 6.08 Å². The van der Waals surface area contributed by atoms with Crippen LogP contribution in [0, 0.1) is 5.92 Å². The van der Waals surface area contributed by atoms with Gasteiger partial charge in [-0.3, -0.25) is 0 Å². The molecule has 0 heterocycles. The molecule has 3 rings (SSSR count). The van der Waals surface area contributed by atoms with Crippen molar-refractivity contribution in [3.05, 3.63) is 91.0 Å². The maximum absolute atomic E-state index is 12.6. The highest BCUT2D eigenvalue weighted by atomic mass is 16.5. The molecule has 0 unspecified atom stereocenters. The molecule has 8 nitrogen and oxygen atoms in total. The second-order valence-electron chi connectivity index (χ2n) is 11.0.